The summed E-state index contributed by atoms with van der Waals surface area (Å²) >= 11 is 1.77. The van der Waals surface area contributed by atoms with Crippen molar-refractivity contribution in [3.8, 4) is 0 Å². The van der Waals surface area contributed by atoms with Gasteiger partial charge in [-0.1, -0.05) is 26.8 Å². The molecule has 6 atom stereocenters. The van der Waals surface area contributed by atoms with Gasteiger partial charge in [-0.2, -0.15) is 0 Å². The van der Waals surface area contributed by atoms with Crippen molar-refractivity contribution in [1.29, 1.82) is 0 Å². The molecule has 2 N–H and O–H groups in total. The van der Waals surface area contributed by atoms with Crippen LogP contribution in [-0.4, -0.2) is 51.6 Å². The zero-order valence-electron chi connectivity index (χ0n) is 20.7. The third kappa shape index (κ3) is 4.37. The Hall–Kier alpha value is -1.99. The molecule has 184 valence electrons. The molecule has 0 aromatic carbocycles. The Morgan fingerprint density at radius 3 is 2.88 bits per heavy atom. The summed E-state index contributed by atoms with van der Waals surface area (Å²) in [6.45, 7) is 9.18. The van der Waals surface area contributed by atoms with Gasteiger partial charge in [0.2, 0.25) is 5.91 Å². The van der Waals surface area contributed by atoms with Crippen molar-refractivity contribution in [1.82, 2.24) is 14.9 Å². The monoisotopic (exact) mass is 482 g/mol. The van der Waals surface area contributed by atoms with E-state index in [1.165, 1.54) is 4.88 Å². The number of aromatic nitrogens is 2. The van der Waals surface area contributed by atoms with Crippen LogP contribution in [-0.2, 0) is 17.6 Å². The topological polar surface area (TPSA) is 78.4 Å². The maximum Gasteiger partial charge on any atom is 0.225 e. The van der Waals surface area contributed by atoms with Crippen LogP contribution >= 0.6 is 11.3 Å². The summed E-state index contributed by atoms with van der Waals surface area (Å²) < 4.78 is 0. The van der Waals surface area contributed by atoms with Crippen molar-refractivity contribution in [2.75, 3.05) is 25.0 Å². The van der Waals surface area contributed by atoms with E-state index in [-0.39, 0.29) is 35.0 Å². The van der Waals surface area contributed by atoms with E-state index < -0.39 is 6.10 Å². The Balaban J connectivity index is 1.29. The molecule has 6 nitrogen and oxygen atoms in total. The third-order valence-electron chi connectivity index (χ3n) is 8.76. The van der Waals surface area contributed by atoms with Gasteiger partial charge in [0.1, 0.15) is 0 Å². The van der Waals surface area contributed by atoms with Gasteiger partial charge < -0.3 is 15.3 Å². The quantitative estimate of drug-likeness (QED) is 0.634. The highest BCUT2D eigenvalue weighted by molar-refractivity contribution is 7.15. The maximum atomic E-state index is 13.1. The van der Waals surface area contributed by atoms with E-state index in [0.29, 0.717) is 0 Å². The van der Waals surface area contributed by atoms with Gasteiger partial charge in [-0.25, -0.2) is 4.98 Å². The molecule has 0 spiro atoms. The van der Waals surface area contributed by atoms with Crippen LogP contribution in [0.5, 0.6) is 0 Å². The lowest BCUT2D eigenvalue weighted by atomic mass is 9.53. The number of nitrogens with zero attached hydrogens (tertiary/aromatic N) is 3. The number of rotatable bonds is 6. The number of thiazole rings is 1. The molecule has 1 saturated heterocycles. The molecule has 1 saturated carbocycles. The van der Waals surface area contributed by atoms with E-state index in [0.717, 1.165) is 74.7 Å². The van der Waals surface area contributed by atoms with E-state index in [4.69, 9.17) is 4.98 Å². The third-order valence-corrected chi connectivity index (χ3v) is 9.78. The predicted octanol–water partition coefficient (Wildman–Crippen LogP) is 4.50. The van der Waals surface area contributed by atoms with Crippen molar-refractivity contribution in [2.45, 2.75) is 71.3 Å². The molecule has 5 rings (SSSR count). The molecular formula is C27H38N4O2S. The number of fused-ring (bicyclic) bond motifs is 2. The normalized spacial score (nSPS) is 31.6. The SMILES string of the molecule is CC(C(=O)N1CCCC1)C1CCC2(C)Cc3sc(NCCc4ccccn4)nc3C(C)C2C1O. The van der Waals surface area contributed by atoms with E-state index in [2.05, 4.69) is 30.2 Å². The number of carbonyl (C=O) groups excluding carboxylic acids is 1. The second-order valence-corrected chi connectivity index (χ2v) is 12.1. The van der Waals surface area contributed by atoms with Gasteiger partial charge in [0.25, 0.3) is 0 Å². The molecule has 1 amide bonds. The minimum atomic E-state index is -0.467. The van der Waals surface area contributed by atoms with Crippen LogP contribution in [0.1, 0.15) is 68.6 Å². The van der Waals surface area contributed by atoms with Crippen LogP contribution < -0.4 is 5.32 Å². The number of pyridine rings is 1. The summed E-state index contributed by atoms with van der Waals surface area (Å²) in [6.07, 6.45) is 7.39. The Kier molecular flexibility index (Phi) is 6.68. The molecule has 2 aliphatic carbocycles. The number of aliphatic hydroxyl groups excluding tert-OH is 1. The molecule has 34 heavy (non-hydrogen) atoms. The lowest BCUT2D eigenvalue weighted by molar-refractivity contribution is -0.143. The minimum Gasteiger partial charge on any atom is -0.392 e. The van der Waals surface area contributed by atoms with Crippen LogP contribution in [0.15, 0.2) is 24.4 Å². The second kappa shape index (κ2) is 9.57. The summed E-state index contributed by atoms with van der Waals surface area (Å²) in [5.41, 5.74) is 2.28. The van der Waals surface area contributed by atoms with Gasteiger partial charge >= 0.3 is 0 Å². The molecule has 2 aromatic heterocycles. The lowest BCUT2D eigenvalue weighted by Crippen LogP contribution is -2.53. The first-order chi connectivity index (χ1) is 16.4. The molecule has 6 unspecified atom stereocenters. The Bertz CT molecular complexity index is 1010. The van der Waals surface area contributed by atoms with Crippen molar-refractivity contribution in [3.63, 3.8) is 0 Å². The number of nitrogens with one attached hydrogen (secondary N) is 1. The zero-order valence-corrected chi connectivity index (χ0v) is 21.5. The van der Waals surface area contributed by atoms with Gasteiger partial charge in [-0.05, 0) is 61.5 Å². The van der Waals surface area contributed by atoms with Crippen molar-refractivity contribution < 1.29 is 9.90 Å². The highest BCUT2D eigenvalue weighted by Gasteiger charge is 2.54. The lowest BCUT2D eigenvalue weighted by Gasteiger charge is -2.53. The van der Waals surface area contributed by atoms with Crippen LogP contribution in [0.3, 0.4) is 0 Å². The largest absolute Gasteiger partial charge is 0.392 e. The summed E-state index contributed by atoms with van der Waals surface area (Å²) in [7, 11) is 0. The second-order valence-electron chi connectivity index (χ2n) is 11.0. The number of anilines is 1. The van der Waals surface area contributed by atoms with Crippen molar-refractivity contribution >= 4 is 22.4 Å². The van der Waals surface area contributed by atoms with Crippen LogP contribution in [0, 0.1) is 23.2 Å². The number of hydrogen-bond acceptors (Lipinski definition) is 6. The molecule has 2 aromatic rings. The number of carbonyl (C=O) groups is 1. The standard InChI is InChI=1S/C27H38N4O2S/c1-17(25(33)31-14-6-7-15-31)20-9-11-27(3)16-21-23(18(2)22(27)24(20)32)30-26(34-21)29-13-10-19-8-4-5-12-28-19/h4-5,8,12,17-18,20,22,24,32H,6-7,9-11,13-16H2,1-3H3,(H,29,30). The fraction of sp³-hybridized carbons (Fsp3) is 0.667. The summed E-state index contributed by atoms with van der Waals surface area (Å²) in [5, 5.41) is 16.1. The van der Waals surface area contributed by atoms with Crippen LogP contribution in [0.4, 0.5) is 5.13 Å². The van der Waals surface area contributed by atoms with E-state index in [9.17, 15) is 9.90 Å². The Morgan fingerprint density at radius 1 is 1.35 bits per heavy atom. The van der Waals surface area contributed by atoms with Crippen molar-refractivity contribution in [3.05, 3.63) is 40.7 Å². The molecule has 3 aliphatic rings. The Morgan fingerprint density at radius 2 is 2.15 bits per heavy atom. The zero-order chi connectivity index (χ0) is 23.9. The molecule has 7 heteroatoms. The Labute approximate surface area is 207 Å². The van der Waals surface area contributed by atoms with E-state index in [1.54, 1.807) is 11.3 Å². The maximum absolute atomic E-state index is 13.1. The van der Waals surface area contributed by atoms with Gasteiger partial charge in [-0.3, -0.25) is 9.78 Å². The summed E-state index contributed by atoms with van der Waals surface area (Å²) in [5.74, 6) is 0.469. The molecule has 0 radical (unpaired) electrons. The van der Waals surface area contributed by atoms with Gasteiger partial charge in [-0.15, -0.1) is 11.3 Å². The minimum absolute atomic E-state index is 0.0322. The smallest absolute Gasteiger partial charge is 0.225 e. The van der Waals surface area contributed by atoms with Gasteiger partial charge in [0.15, 0.2) is 5.13 Å². The van der Waals surface area contributed by atoms with E-state index >= 15 is 0 Å². The number of amides is 1. The summed E-state index contributed by atoms with van der Waals surface area (Å²) in [6, 6.07) is 6.01. The first-order valence-corrected chi connectivity index (χ1v) is 13.8. The fourth-order valence-corrected chi connectivity index (χ4v) is 8.16. The molecule has 2 fully saturated rings. The molecular weight excluding hydrogens is 444 g/mol. The van der Waals surface area contributed by atoms with Gasteiger partial charge in [0, 0.05) is 54.7 Å². The number of aliphatic hydroxyl groups is 1. The average molecular weight is 483 g/mol. The number of likely N-dealkylation sites (tertiary alicyclic amines) is 1. The highest BCUT2D eigenvalue weighted by atomic mass is 32.1. The van der Waals surface area contributed by atoms with Crippen LogP contribution in [0.2, 0.25) is 0 Å². The first-order valence-electron chi connectivity index (χ1n) is 13.0. The first kappa shape index (κ1) is 23.7. The van der Waals surface area contributed by atoms with Crippen LogP contribution in [0.25, 0.3) is 0 Å². The molecule has 0 bridgehead atoms. The fourth-order valence-electron chi connectivity index (χ4n) is 6.87. The molecule has 3 heterocycles. The van der Waals surface area contributed by atoms with Crippen molar-refractivity contribution in [2.24, 2.45) is 23.2 Å². The predicted molar refractivity (Wildman–Crippen MR) is 136 cm³/mol. The summed E-state index contributed by atoms with van der Waals surface area (Å²) in [4.78, 5) is 25.9. The number of hydrogen-bond donors (Lipinski definition) is 2. The molecule has 1 aliphatic heterocycles. The van der Waals surface area contributed by atoms with E-state index in [1.807, 2.05) is 30.2 Å². The van der Waals surface area contributed by atoms with Gasteiger partial charge in [0.05, 0.1) is 11.8 Å². The average Bonchev–Trinajstić information content (AvgIpc) is 3.49. The highest BCUT2D eigenvalue weighted by Crippen LogP contribution is 2.57.